The topological polar surface area (TPSA) is 0 Å². The molecule has 0 amide bonds. The fourth-order valence-electron chi connectivity index (χ4n) is 3.46. The van der Waals surface area contributed by atoms with E-state index in [0.717, 1.165) is 17.8 Å². The van der Waals surface area contributed by atoms with Gasteiger partial charge in [-0.05, 0) is 48.9 Å². The minimum atomic E-state index is 0.546. The summed E-state index contributed by atoms with van der Waals surface area (Å²) in [6, 6.07) is 0. The van der Waals surface area contributed by atoms with Crippen LogP contribution in [0.2, 0.25) is 0 Å². The third-order valence-electron chi connectivity index (χ3n) is 5.07. The minimum absolute atomic E-state index is 0.546. The molecule has 0 aliphatic heterocycles. The van der Waals surface area contributed by atoms with Gasteiger partial charge in [-0.1, -0.05) is 67.0 Å². The lowest BCUT2D eigenvalue weighted by atomic mass is 9.56. The third kappa shape index (κ3) is 3.62. The average molecular weight is 252 g/mol. The van der Waals surface area contributed by atoms with Crippen molar-refractivity contribution in [2.24, 2.45) is 23.2 Å². The number of rotatable bonds is 0. The van der Waals surface area contributed by atoms with E-state index in [2.05, 4.69) is 33.8 Å². The molecule has 0 spiro atoms. The Kier molecular flexibility index (Phi) is 7.90. The van der Waals surface area contributed by atoms with Crippen molar-refractivity contribution in [1.82, 2.24) is 0 Å². The van der Waals surface area contributed by atoms with Crippen LogP contribution in [0, 0.1) is 23.2 Å². The smallest absolute Gasteiger partial charge is 0.00879 e. The third-order valence-corrected chi connectivity index (χ3v) is 5.07. The van der Waals surface area contributed by atoms with Gasteiger partial charge in [0.05, 0.1) is 0 Å². The predicted molar refractivity (Wildman–Crippen MR) is 84.8 cm³/mol. The molecule has 1 saturated carbocycles. The average Bonchev–Trinajstić information content (AvgIpc) is 2.42. The van der Waals surface area contributed by atoms with Gasteiger partial charge in [0.15, 0.2) is 0 Å². The summed E-state index contributed by atoms with van der Waals surface area (Å²) in [5.41, 5.74) is 2.33. The van der Waals surface area contributed by atoms with Gasteiger partial charge in [0, 0.05) is 0 Å². The van der Waals surface area contributed by atoms with E-state index in [4.69, 9.17) is 0 Å². The molecule has 4 unspecified atom stereocenters. The zero-order valence-corrected chi connectivity index (χ0v) is 14.1. The second-order valence-electron chi connectivity index (χ2n) is 5.93. The Morgan fingerprint density at radius 3 is 2.11 bits per heavy atom. The Hall–Kier alpha value is -0.260. The number of hydrogen-bond donors (Lipinski definition) is 0. The lowest BCUT2D eigenvalue weighted by Gasteiger charge is -2.48. The lowest BCUT2D eigenvalue weighted by Crippen LogP contribution is -2.38. The standard InChI is InChI=1S/C14H24.2C2H6/c1-10-7-8-14(4)12(3)11(2)5-6-13(14)9-10;2*1-2/h9-12H,5-8H2,1-4H3;2*1-2H3. The van der Waals surface area contributed by atoms with E-state index in [1.807, 2.05) is 27.7 Å². The van der Waals surface area contributed by atoms with Crippen LogP contribution in [0.25, 0.3) is 0 Å². The van der Waals surface area contributed by atoms with E-state index >= 15 is 0 Å². The second kappa shape index (κ2) is 8.02. The summed E-state index contributed by atoms with van der Waals surface area (Å²) in [7, 11) is 0. The number of hydrogen-bond acceptors (Lipinski definition) is 0. The van der Waals surface area contributed by atoms with Crippen LogP contribution in [-0.4, -0.2) is 0 Å². The Balaban J connectivity index is 0.000000659. The summed E-state index contributed by atoms with van der Waals surface area (Å²) >= 11 is 0. The first-order valence-corrected chi connectivity index (χ1v) is 8.25. The molecular formula is C18H36. The fraction of sp³-hybridized carbons (Fsp3) is 0.889. The molecule has 4 atom stereocenters. The molecule has 2 rings (SSSR count). The van der Waals surface area contributed by atoms with Crippen LogP contribution in [0.4, 0.5) is 0 Å². The number of fused-ring (bicyclic) bond motifs is 1. The quantitative estimate of drug-likeness (QED) is 0.433. The van der Waals surface area contributed by atoms with Crippen molar-refractivity contribution in [3.63, 3.8) is 0 Å². The molecular weight excluding hydrogens is 216 g/mol. The molecule has 0 aromatic carbocycles. The Morgan fingerprint density at radius 1 is 1.00 bits per heavy atom. The molecule has 2 aliphatic carbocycles. The van der Waals surface area contributed by atoms with Crippen molar-refractivity contribution < 1.29 is 0 Å². The monoisotopic (exact) mass is 252 g/mol. The van der Waals surface area contributed by atoms with Gasteiger partial charge in [0.1, 0.15) is 0 Å². The lowest BCUT2D eigenvalue weighted by molar-refractivity contribution is 0.113. The molecule has 0 nitrogen and oxygen atoms in total. The van der Waals surface area contributed by atoms with E-state index in [1.165, 1.54) is 25.7 Å². The minimum Gasteiger partial charge on any atom is -0.0819 e. The SMILES string of the molecule is CC.CC.CC1C=C2CCC(C)C(C)C2(C)CC1. The van der Waals surface area contributed by atoms with E-state index in [1.54, 1.807) is 5.57 Å². The maximum Gasteiger partial charge on any atom is -0.00879 e. The molecule has 18 heavy (non-hydrogen) atoms. The first-order chi connectivity index (χ1) is 8.54. The van der Waals surface area contributed by atoms with E-state index in [-0.39, 0.29) is 0 Å². The van der Waals surface area contributed by atoms with Crippen molar-refractivity contribution >= 4 is 0 Å². The molecule has 0 heteroatoms. The molecule has 0 aromatic rings. The van der Waals surface area contributed by atoms with Gasteiger partial charge in [-0.3, -0.25) is 0 Å². The van der Waals surface area contributed by atoms with Gasteiger partial charge in [0.2, 0.25) is 0 Å². The normalized spacial score (nSPS) is 38.2. The van der Waals surface area contributed by atoms with Crippen molar-refractivity contribution in [2.45, 2.75) is 81.1 Å². The highest BCUT2D eigenvalue weighted by molar-refractivity contribution is 5.21. The highest BCUT2D eigenvalue weighted by atomic mass is 14.5. The fourth-order valence-corrected chi connectivity index (χ4v) is 3.46. The summed E-state index contributed by atoms with van der Waals surface area (Å²) in [5, 5.41) is 0. The Labute approximate surface area is 116 Å². The highest BCUT2D eigenvalue weighted by Gasteiger charge is 2.42. The van der Waals surface area contributed by atoms with Gasteiger partial charge < -0.3 is 0 Å². The van der Waals surface area contributed by atoms with Gasteiger partial charge >= 0.3 is 0 Å². The van der Waals surface area contributed by atoms with E-state index in [9.17, 15) is 0 Å². The molecule has 0 N–H and O–H groups in total. The van der Waals surface area contributed by atoms with Gasteiger partial charge in [-0.25, -0.2) is 0 Å². The van der Waals surface area contributed by atoms with Gasteiger partial charge in [-0.15, -0.1) is 0 Å². The van der Waals surface area contributed by atoms with Crippen LogP contribution in [-0.2, 0) is 0 Å². The van der Waals surface area contributed by atoms with Crippen LogP contribution < -0.4 is 0 Å². The second-order valence-corrected chi connectivity index (χ2v) is 5.93. The summed E-state index contributed by atoms with van der Waals surface area (Å²) in [4.78, 5) is 0. The highest BCUT2D eigenvalue weighted by Crippen LogP contribution is 2.53. The molecule has 0 radical (unpaired) electrons. The summed E-state index contributed by atoms with van der Waals surface area (Å²) in [6.45, 7) is 17.8. The summed E-state index contributed by atoms with van der Waals surface area (Å²) < 4.78 is 0. The maximum absolute atomic E-state index is 2.58. The first kappa shape index (κ1) is 17.7. The van der Waals surface area contributed by atoms with Crippen molar-refractivity contribution in [3.8, 4) is 0 Å². The predicted octanol–water partition coefficient (Wildman–Crippen LogP) is 6.47. The van der Waals surface area contributed by atoms with E-state index in [0.29, 0.717) is 5.41 Å². The zero-order valence-electron chi connectivity index (χ0n) is 14.1. The van der Waals surface area contributed by atoms with Crippen LogP contribution in [0.5, 0.6) is 0 Å². The zero-order chi connectivity index (χ0) is 14.3. The first-order valence-electron chi connectivity index (χ1n) is 8.25. The van der Waals surface area contributed by atoms with Crippen LogP contribution >= 0.6 is 0 Å². The molecule has 0 bridgehead atoms. The largest absolute Gasteiger partial charge is 0.0819 e. The number of allylic oxidation sites excluding steroid dienone is 2. The van der Waals surface area contributed by atoms with Crippen molar-refractivity contribution in [1.29, 1.82) is 0 Å². The molecule has 2 aliphatic rings. The molecule has 0 aromatic heterocycles. The maximum atomic E-state index is 2.58. The Morgan fingerprint density at radius 2 is 1.56 bits per heavy atom. The molecule has 1 fully saturated rings. The molecule has 108 valence electrons. The van der Waals surface area contributed by atoms with Crippen molar-refractivity contribution in [2.75, 3.05) is 0 Å². The summed E-state index contributed by atoms with van der Waals surface area (Å²) in [5.74, 6) is 2.64. The van der Waals surface area contributed by atoms with E-state index < -0.39 is 0 Å². The summed E-state index contributed by atoms with van der Waals surface area (Å²) in [6.07, 6.45) is 8.18. The van der Waals surface area contributed by atoms with Crippen LogP contribution in [0.15, 0.2) is 11.6 Å². The van der Waals surface area contributed by atoms with Crippen LogP contribution in [0.3, 0.4) is 0 Å². The molecule has 0 saturated heterocycles. The molecule has 0 heterocycles. The van der Waals surface area contributed by atoms with Crippen LogP contribution in [0.1, 0.15) is 81.1 Å². The van der Waals surface area contributed by atoms with Gasteiger partial charge in [0.25, 0.3) is 0 Å². The van der Waals surface area contributed by atoms with Gasteiger partial charge in [-0.2, -0.15) is 0 Å². The van der Waals surface area contributed by atoms with Crippen molar-refractivity contribution in [3.05, 3.63) is 11.6 Å². The Bertz CT molecular complexity index is 251.